The van der Waals surface area contributed by atoms with Crippen molar-refractivity contribution in [1.82, 2.24) is 10.2 Å². The number of rotatable bonds is 14. The molecule has 0 aromatic heterocycles. The predicted molar refractivity (Wildman–Crippen MR) is 148 cm³/mol. The van der Waals surface area contributed by atoms with E-state index < -0.39 is 16.1 Å². The fraction of sp³-hybridized carbons (Fsp3) is 0.481. The third-order valence-electron chi connectivity index (χ3n) is 6.02. The number of nitrogens with zero attached hydrogens (tertiary/aromatic N) is 2. The zero-order chi connectivity index (χ0) is 27.6. The van der Waals surface area contributed by atoms with Gasteiger partial charge in [-0.25, -0.2) is 8.42 Å². The molecule has 2 rings (SSSR count). The molecule has 8 nitrogen and oxygen atoms in total. The number of ether oxygens (including phenoxy) is 1. The molecule has 0 bridgehead atoms. The number of hydrogen-bond donors (Lipinski definition) is 1. The third-order valence-corrected chi connectivity index (χ3v) is 7.45. The molecule has 0 aliphatic heterocycles. The van der Waals surface area contributed by atoms with Crippen LogP contribution in [-0.4, -0.2) is 56.6 Å². The third kappa shape index (κ3) is 9.23. The normalized spacial score (nSPS) is 12.9. The van der Waals surface area contributed by atoms with Gasteiger partial charge >= 0.3 is 0 Å². The minimum absolute atomic E-state index is 0.0174. The first-order valence-electron chi connectivity index (χ1n) is 12.5. The topological polar surface area (TPSA) is 96.0 Å². The molecule has 0 spiro atoms. The van der Waals surface area contributed by atoms with Gasteiger partial charge in [0.2, 0.25) is 21.8 Å². The fourth-order valence-electron chi connectivity index (χ4n) is 3.76. The highest BCUT2D eigenvalue weighted by Crippen LogP contribution is 2.30. The van der Waals surface area contributed by atoms with Gasteiger partial charge < -0.3 is 15.0 Å². The monoisotopic (exact) mass is 551 g/mol. The number of benzene rings is 2. The van der Waals surface area contributed by atoms with Crippen LogP contribution in [0.3, 0.4) is 0 Å². The number of sulfonamides is 1. The summed E-state index contributed by atoms with van der Waals surface area (Å²) in [7, 11) is -3.62. The van der Waals surface area contributed by atoms with E-state index in [4.69, 9.17) is 16.3 Å². The van der Waals surface area contributed by atoms with Gasteiger partial charge in [0, 0.05) is 30.6 Å². The summed E-state index contributed by atoms with van der Waals surface area (Å²) in [5.74, 6) is -0.0187. The first-order chi connectivity index (χ1) is 17.5. The Morgan fingerprint density at radius 3 is 2.30 bits per heavy atom. The van der Waals surface area contributed by atoms with E-state index in [0.717, 1.165) is 18.2 Å². The molecule has 2 aromatic rings. The van der Waals surface area contributed by atoms with Gasteiger partial charge in [0.1, 0.15) is 11.8 Å². The SMILES string of the molecule is CCOc1ccccc1N(CCCC(=O)N(Cc1ccc(Cl)cc1)[C@H](C)C(=O)N[C@H](C)CC)S(C)(=O)=O. The maximum absolute atomic E-state index is 13.4. The quantitative estimate of drug-likeness (QED) is 0.370. The van der Waals surface area contributed by atoms with Crippen LogP contribution in [0.25, 0.3) is 0 Å². The Morgan fingerprint density at radius 2 is 1.70 bits per heavy atom. The van der Waals surface area contributed by atoms with Crippen LogP contribution >= 0.6 is 11.6 Å². The van der Waals surface area contributed by atoms with Crippen molar-refractivity contribution in [3.63, 3.8) is 0 Å². The van der Waals surface area contributed by atoms with E-state index in [1.54, 1.807) is 43.3 Å². The van der Waals surface area contributed by atoms with Gasteiger partial charge in [-0.05, 0) is 63.4 Å². The number of amides is 2. The van der Waals surface area contributed by atoms with Gasteiger partial charge in [-0.2, -0.15) is 0 Å². The molecular formula is C27H38ClN3O5S. The Hall–Kier alpha value is -2.78. The maximum Gasteiger partial charge on any atom is 0.242 e. The van der Waals surface area contributed by atoms with Crippen LogP contribution < -0.4 is 14.4 Å². The summed E-state index contributed by atoms with van der Waals surface area (Å²) < 4.78 is 32.1. The number of carbonyl (C=O) groups is 2. The smallest absolute Gasteiger partial charge is 0.242 e. The second-order valence-corrected chi connectivity index (χ2v) is 11.3. The summed E-state index contributed by atoms with van der Waals surface area (Å²) in [5, 5.41) is 3.52. The molecule has 0 aliphatic carbocycles. The standard InChI is InChI=1S/C27H38ClN3O5S/c1-6-20(3)29-27(33)21(4)30(19-22-14-16-23(28)17-15-22)26(32)13-10-18-31(37(5,34)35)24-11-8-9-12-25(24)36-7-2/h8-9,11-12,14-17,20-21H,6-7,10,13,18-19H2,1-5H3,(H,29,33)/t20-,21-/m1/s1. The average Bonchev–Trinajstić information content (AvgIpc) is 2.85. The van der Waals surface area contributed by atoms with E-state index in [1.165, 1.54) is 9.21 Å². The zero-order valence-electron chi connectivity index (χ0n) is 22.2. The first kappa shape index (κ1) is 30.4. The van der Waals surface area contributed by atoms with E-state index in [9.17, 15) is 18.0 Å². The summed E-state index contributed by atoms with van der Waals surface area (Å²) in [6.45, 7) is 8.13. The highest BCUT2D eigenvalue weighted by atomic mass is 35.5. The van der Waals surface area contributed by atoms with Crippen LogP contribution in [0.1, 0.15) is 52.5 Å². The van der Waals surface area contributed by atoms with Crippen molar-refractivity contribution < 1.29 is 22.7 Å². The highest BCUT2D eigenvalue weighted by Gasteiger charge is 2.27. The van der Waals surface area contributed by atoms with Crippen molar-refractivity contribution in [2.24, 2.45) is 0 Å². The minimum Gasteiger partial charge on any atom is -0.492 e. The molecule has 0 saturated carbocycles. The lowest BCUT2D eigenvalue weighted by molar-refractivity contribution is -0.140. The molecule has 37 heavy (non-hydrogen) atoms. The Bertz CT molecular complexity index is 1140. The predicted octanol–water partition coefficient (Wildman–Crippen LogP) is 4.62. The maximum atomic E-state index is 13.4. The molecule has 204 valence electrons. The Morgan fingerprint density at radius 1 is 1.05 bits per heavy atom. The Labute approximate surface area is 226 Å². The summed E-state index contributed by atoms with van der Waals surface area (Å²) in [4.78, 5) is 27.8. The summed E-state index contributed by atoms with van der Waals surface area (Å²) >= 11 is 6.01. The number of hydrogen-bond acceptors (Lipinski definition) is 5. The summed E-state index contributed by atoms with van der Waals surface area (Å²) in [5.41, 5.74) is 1.27. The molecule has 0 saturated heterocycles. The lowest BCUT2D eigenvalue weighted by Crippen LogP contribution is -2.49. The van der Waals surface area contributed by atoms with Crippen molar-refractivity contribution in [2.45, 2.75) is 65.6 Å². The first-order valence-corrected chi connectivity index (χ1v) is 14.7. The van der Waals surface area contributed by atoms with Gasteiger partial charge in [-0.1, -0.05) is 42.8 Å². The van der Waals surface area contributed by atoms with E-state index in [0.29, 0.717) is 23.1 Å². The number of anilines is 1. The van der Waals surface area contributed by atoms with E-state index in [2.05, 4.69) is 5.32 Å². The van der Waals surface area contributed by atoms with Gasteiger partial charge in [0.05, 0.1) is 18.6 Å². The molecule has 10 heteroatoms. The van der Waals surface area contributed by atoms with E-state index in [-0.39, 0.29) is 43.8 Å². The lowest BCUT2D eigenvalue weighted by Gasteiger charge is -2.30. The molecule has 0 fully saturated rings. The number of nitrogens with one attached hydrogen (secondary N) is 1. The average molecular weight is 552 g/mol. The number of halogens is 1. The molecule has 0 radical (unpaired) electrons. The zero-order valence-corrected chi connectivity index (χ0v) is 23.8. The second-order valence-electron chi connectivity index (χ2n) is 8.98. The van der Waals surface area contributed by atoms with Crippen molar-refractivity contribution in [3.05, 3.63) is 59.1 Å². The molecule has 2 atom stereocenters. The lowest BCUT2D eigenvalue weighted by atomic mass is 10.1. The second kappa shape index (κ2) is 14.2. The molecular weight excluding hydrogens is 514 g/mol. The van der Waals surface area contributed by atoms with Crippen LogP contribution in [0, 0.1) is 0 Å². The number of para-hydroxylation sites is 2. The molecule has 2 aromatic carbocycles. The Kier molecular flexibility index (Phi) is 11.7. The van der Waals surface area contributed by atoms with Crippen LogP contribution in [-0.2, 0) is 26.2 Å². The molecule has 0 unspecified atom stereocenters. The molecule has 0 aliphatic rings. The van der Waals surface area contributed by atoms with Gasteiger partial charge in [0.15, 0.2) is 0 Å². The Balaban J connectivity index is 2.20. The highest BCUT2D eigenvalue weighted by molar-refractivity contribution is 7.92. The van der Waals surface area contributed by atoms with Gasteiger partial charge in [0.25, 0.3) is 0 Å². The van der Waals surface area contributed by atoms with Crippen LogP contribution in [0.15, 0.2) is 48.5 Å². The summed E-state index contributed by atoms with van der Waals surface area (Å²) in [6, 6.07) is 13.3. The largest absolute Gasteiger partial charge is 0.492 e. The van der Waals surface area contributed by atoms with Crippen molar-refractivity contribution >= 4 is 39.1 Å². The van der Waals surface area contributed by atoms with E-state index in [1.807, 2.05) is 32.9 Å². The molecule has 2 amide bonds. The van der Waals surface area contributed by atoms with Crippen molar-refractivity contribution in [2.75, 3.05) is 23.7 Å². The molecule has 0 heterocycles. The summed E-state index contributed by atoms with van der Waals surface area (Å²) in [6.07, 6.45) is 2.24. The molecule has 1 N–H and O–H groups in total. The van der Waals surface area contributed by atoms with Crippen LogP contribution in [0.2, 0.25) is 5.02 Å². The van der Waals surface area contributed by atoms with Crippen molar-refractivity contribution in [3.8, 4) is 5.75 Å². The minimum atomic E-state index is -3.62. The van der Waals surface area contributed by atoms with Gasteiger partial charge in [-0.3, -0.25) is 13.9 Å². The van der Waals surface area contributed by atoms with Crippen molar-refractivity contribution in [1.29, 1.82) is 0 Å². The van der Waals surface area contributed by atoms with E-state index >= 15 is 0 Å². The van der Waals surface area contributed by atoms with Crippen LogP contribution in [0.4, 0.5) is 5.69 Å². The van der Waals surface area contributed by atoms with Crippen LogP contribution in [0.5, 0.6) is 5.75 Å². The van der Waals surface area contributed by atoms with Gasteiger partial charge in [-0.15, -0.1) is 0 Å². The fourth-order valence-corrected chi connectivity index (χ4v) is 4.85. The number of carbonyl (C=O) groups excluding carboxylic acids is 2.